The van der Waals surface area contributed by atoms with Crippen molar-refractivity contribution < 1.29 is 9.59 Å². The monoisotopic (exact) mass is 323 g/mol. The first kappa shape index (κ1) is 18.2. The van der Waals surface area contributed by atoms with Crippen molar-refractivity contribution in [3.8, 4) is 0 Å². The Morgan fingerprint density at radius 2 is 1.48 bits per heavy atom. The van der Waals surface area contributed by atoms with Gasteiger partial charge in [0.2, 0.25) is 11.8 Å². The van der Waals surface area contributed by atoms with Crippen LogP contribution in [0.1, 0.15) is 59.3 Å². The quantitative estimate of drug-likeness (QED) is 0.864. The van der Waals surface area contributed by atoms with Crippen LogP contribution in [0.25, 0.3) is 0 Å². The van der Waals surface area contributed by atoms with E-state index in [4.69, 9.17) is 5.73 Å². The number of hydrogen-bond donors (Lipinski definition) is 1. The summed E-state index contributed by atoms with van der Waals surface area (Å²) in [6, 6.07) is 0. The summed E-state index contributed by atoms with van der Waals surface area (Å²) >= 11 is 0. The second kappa shape index (κ2) is 7.20. The minimum absolute atomic E-state index is 0.0215. The van der Waals surface area contributed by atoms with E-state index in [1.807, 2.05) is 30.6 Å². The van der Waals surface area contributed by atoms with Crippen molar-refractivity contribution in [3.63, 3.8) is 0 Å². The summed E-state index contributed by atoms with van der Waals surface area (Å²) in [5, 5.41) is 0. The molecule has 1 aliphatic carbocycles. The van der Waals surface area contributed by atoms with Crippen LogP contribution < -0.4 is 5.73 Å². The minimum atomic E-state index is -0.349. The molecule has 0 atom stereocenters. The average molecular weight is 323 g/mol. The zero-order valence-corrected chi connectivity index (χ0v) is 15.1. The lowest BCUT2D eigenvalue weighted by Gasteiger charge is -2.40. The molecule has 2 N–H and O–H groups in total. The van der Waals surface area contributed by atoms with E-state index in [2.05, 4.69) is 0 Å². The maximum absolute atomic E-state index is 12.7. The zero-order valence-electron chi connectivity index (χ0n) is 15.1. The topological polar surface area (TPSA) is 66.6 Å². The van der Waals surface area contributed by atoms with E-state index >= 15 is 0 Å². The van der Waals surface area contributed by atoms with Gasteiger partial charge in [0, 0.05) is 38.0 Å². The smallest absolute Gasteiger partial charge is 0.228 e. The van der Waals surface area contributed by atoms with Gasteiger partial charge in [0.15, 0.2) is 0 Å². The number of rotatable bonds is 3. The van der Waals surface area contributed by atoms with E-state index in [0.717, 1.165) is 12.8 Å². The Bertz CT molecular complexity index is 428. The molecule has 0 unspecified atom stereocenters. The first-order valence-electron chi connectivity index (χ1n) is 9.05. The Labute approximate surface area is 140 Å². The largest absolute Gasteiger partial charge is 0.339 e. The lowest BCUT2D eigenvalue weighted by atomic mass is 9.71. The SMILES string of the molecule is CC(C)(C)C(=O)N1CCN(C(=O)CC2(CN)CCCCC2)CC1. The van der Waals surface area contributed by atoms with Crippen LogP contribution in [-0.4, -0.2) is 54.3 Å². The predicted molar refractivity (Wildman–Crippen MR) is 91.8 cm³/mol. The number of nitrogens with two attached hydrogens (primary N) is 1. The molecule has 1 aliphatic heterocycles. The van der Waals surface area contributed by atoms with Gasteiger partial charge in [-0.3, -0.25) is 9.59 Å². The fourth-order valence-electron chi connectivity index (χ4n) is 3.82. The molecule has 2 rings (SSSR count). The molecule has 5 heteroatoms. The molecule has 0 bridgehead atoms. The summed E-state index contributed by atoms with van der Waals surface area (Å²) in [6.45, 7) is 9.06. The van der Waals surface area contributed by atoms with Gasteiger partial charge in [-0.25, -0.2) is 0 Å². The van der Waals surface area contributed by atoms with Gasteiger partial charge in [-0.05, 0) is 24.8 Å². The summed E-state index contributed by atoms with van der Waals surface area (Å²) in [5.41, 5.74) is 5.67. The van der Waals surface area contributed by atoms with Crippen LogP contribution in [0.15, 0.2) is 0 Å². The third-order valence-electron chi connectivity index (χ3n) is 5.43. The molecule has 2 amide bonds. The third kappa shape index (κ3) is 4.46. The van der Waals surface area contributed by atoms with Gasteiger partial charge in [0.05, 0.1) is 0 Å². The maximum atomic E-state index is 12.7. The van der Waals surface area contributed by atoms with Crippen molar-refractivity contribution in [2.75, 3.05) is 32.7 Å². The van der Waals surface area contributed by atoms with Crippen molar-refractivity contribution in [1.29, 1.82) is 0 Å². The summed E-state index contributed by atoms with van der Waals surface area (Å²) < 4.78 is 0. The summed E-state index contributed by atoms with van der Waals surface area (Å²) in [7, 11) is 0. The summed E-state index contributed by atoms with van der Waals surface area (Å²) in [6.07, 6.45) is 6.40. The molecule has 1 saturated carbocycles. The molecule has 0 radical (unpaired) electrons. The van der Waals surface area contributed by atoms with E-state index in [1.54, 1.807) is 0 Å². The zero-order chi connectivity index (χ0) is 17.1. The number of hydrogen-bond acceptors (Lipinski definition) is 3. The summed E-state index contributed by atoms with van der Waals surface area (Å²) in [5.74, 6) is 0.399. The van der Waals surface area contributed by atoms with Crippen molar-refractivity contribution in [2.24, 2.45) is 16.6 Å². The summed E-state index contributed by atoms with van der Waals surface area (Å²) in [4.78, 5) is 28.8. The van der Waals surface area contributed by atoms with Gasteiger partial charge in [-0.2, -0.15) is 0 Å². The van der Waals surface area contributed by atoms with Crippen LogP contribution in [0.3, 0.4) is 0 Å². The van der Waals surface area contributed by atoms with Crippen molar-refractivity contribution in [3.05, 3.63) is 0 Å². The maximum Gasteiger partial charge on any atom is 0.228 e. The third-order valence-corrected chi connectivity index (χ3v) is 5.43. The highest BCUT2D eigenvalue weighted by molar-refractivity contribution is 5.82. The molecule has 1 heterocycles. The molecule has 0 aromatic heterocycles. The molecule has 0 spiro atoms. The van der Waals surface area contributed by atoms with Crippen LogP contribution in [0, 0.1) is 10.8 Å². The number of carbonyl (C=O) groups is 2. The van der Waals surface area contributed by atoms with Crippen molar-refractivity contribution in [2.45, 2.75) is 59.3 Å². The molecular weight excluding hydrogens is 290 g/mol. The van der Waals surface area contributed by atoms with E-state index in [-0.39, 0.29) is 22.6 Å². The van der Waals surface area contributed by atoms with Crippen LogP contribution in [0.4, 0.5) is 0 Å². The number of amides is 2. The standard InChI is InChI=1S/C18H33N3O2/c1-17(2,3)16(23)21-11-9-20(10-12-21)15(22)13-18(14-19)7-5-4-6-8-18/h4-14,19H2,1-3H3. The average Bonchev–Trinajstić information content (AvgIpc) is 2.54. The van der Waals surface area contributed by atoms with Crippen LogP contribution in [0.2, 0.25) is 0 Å². The molecule has 2 fully saturated rings. The van der Waals surface area contributed by atoms with Crippen LogP contribution >= 0.6 is 0 Å². The molecule has 2 aliphatic rings. The molecule has 23 heavy (non-hydrogen) atoms. The Morgan fingerprint density at radius 1 is 0.957 bits per heavy atom. The second-order valence-corrected chi connectivity index (χ2v) is 8.36. The molecular formula is C18H33N3O2. The first-order valence-corrected chi connectivity index (χ1v) is 9.05. The number of nitrogens with zero attached hydrogens (tertiary/aromatic N) is 2. The molecule has 0 aromatic rings. The van der Waals surface area contributed by atoms with Crippen LogP contribution in [0.5, 0.6) is 0 Å². The van der Waals surface area contributed by atoms with Gasteiger partial charge in [0.25, 0.3) is 0 Å². The number of carbonyl (C=O) groups excluding carboxylic acids is 2. The van der Waals surface area contributed by atoms with Crippen LogP contribution in [-0.2, 0) is 9.59 Å². The van der Waals surface area contributed by atoms with E-state index in [1.165, 1.54) is 19.3 Å². The highest BCUT2D eigenvalue weighted by Gasteiger charge is 2.36. The fraction of sp³-hybridized carbons (Fsp3) is 0.889. The molecule has 1 saturated heterocycles. The predicted octanol–water partition coefficient (Wildman–Crippen LogP) is 2.00. The normalized spacial score (nSPS) is 22.1. The lowest BCUT2D eigenvalue weighted by molar-refractivity contribution is -0.145. The van der Waals surface area contributed by atoms with E-state index < -0.39 is 0 Å². The highest BCUT2D eigenvalue weighted by Crippen LogP contribution is 2.38. The minimum Gasteiger partial charge on any atom is -0.339 e. The van der Waals surface area contributed by atoms with Gasteiger partial charge in [-0.15, -0.1) is 0 Å². The molecule has 5 nitrogen and oxygen atoms in total. The number of piperazine rings is 1. The lowest BCUT2D eigenvalue weighted by Crippen LogP contribution is -2.53. The Hall–Kier alpha value is -1.10. The first-order chi connectivity index (χ1) is 10.8. The molecule has 132 valence electrons. The van der Waals surface area contributed by atoms with Gasteiger partial charge in [-0.1, -0.05) is 40.0 Å². The van der Waals surface area contributed by atoms with Gasteiger partial charge in [0.1, 0.15) is 0 Å². The van der Waals surface area contributed by atoms with Crippen molar-refractivity contribution >= 4 is 11.8 Å². The van der Waals surface area contributed by atoms with Gasteiger partial charge < -0.3 is 15.5 Å². The fourth-order valence-corrected chi connectivity index (χ4v) is 3.82. The highest BCUT2D eigenvalue weighted by atomic mass is 16.2. The molecule has 0 aromatic carbocycles. The van der Waals surface area contributed by atoms with E-state index in [9.17, 15) is 9.59 Å². The second-order valence-electron chi connectivity index (χ2n) is 8.36. The van der Waals surface area contributed by atoms with Crippen molar-refractivity contribution in [1.82, 2.24) is 9.80 Å². The van der Waals surface area contributed by atoms with E-state index in [0.29, 0.717) is 39.1 Å². The van der Waals surface area contributed by atoms with Gasteiger partial charge >= 0.3 is 0 Å². The Kier molecular flexibility index (Phi) is 5.71. The Balaban J connectivity index is 1.87. The Morgan fingerprint density at radius 3 is 1.96 bits per heavy atom.